The minimum atomic E-state index is 0.606. The summed E-state index contributed by atoms with van der Waals surface area (Å²) in [5.74, 6) is 2.28. The van der Waals surface area contributed by atoms with E-state index in [1.807, 2.05) is 0 Å². The number of piperidine rings is 1. The van der Waals surface area contributed by atoms with Crippen LogP contribution < -0.4 is 10.1 Å². The highest BCUT2D eigenvalue weighted by Gasteiger charge is 2.14. The van der Waals surface area contributed by atoms with Gasteiger partial charge in [-0.1, -0.05) is 19.9 Å². The predicted octanol–water partition coefficient (Wildman–Crippen LogP) is 4.34. The van der Waals surface area contributed by atoms with E-state index in [4.69, 9.17) is 4.74 Å². The van der Waals surface area contributed by atoms with Crippen LogP contribution in [0.5, 0.6) is 5.75 Å². The van der Waals surface area contributed by atoms with Crippen molar-refractivity contribution in [2.24, 2.45) is 5.92 Å². The average molecular weight is 326 g/mol. The van der Waals surface area contributed by atoms with Gasteiger partial charge in [0, 0.05) is 0 Å². The minimum Gasteiger partial charge on any atom is -0.492 e. The van der Waals surface area contributed by atoms with Crippen molar-refractivity contribution in [2.45, 2.75) is 39.0 Å². The zero-order chi connectivity index (χ0) is 13.7. The summed E-state index contributed by atoms with van der Waals surface area (Å²) in [6.07, 6.45) is 3.62. The van der Waals surface area contributed by atoms with Gasteiger partial charge in [-0.3, -0.25) is 0 Å². The summed E-state index contributed by atoms with van der Waals surface area (Å²) >= 11 is 3.63. The van der Waals surface area contributed by atoms with Crippen LogP contribution in [0, 0.1) is 5.92 Å². The molecule has 3 heteroatoms. The molecule has 0 aromatic heterocycles. The van der Waals surface area contributed by atoms with Gasteiger partial charge in [0.15, 0.2) is 0 Å². The minimum absolute atomic E-state index is 0.606. The van der Waals surface area contributed by atoms with Gasteiger partial charge < -0.3 is 10.1 Å². The molecule has 0 spiro atoms. The predicted molar refractivity (Wildman–Crippen MR) is 83.9 cm³/mol. The standard InChI is InChI=1S/C16H24BrNO/c1-3-12(2)14-4-5-16(15(17)10-14)19-11-13-6-8-18-9-7-13/h4-5,10,12-13,18H,3,6-9,11H2,1-2H3/t12-/m1/s1. The Bertz CT molecular complexity index is 402. The van der Waals surface area contributed by atoms with E-state index in [9.17, 15) is 0 Å². The van der Waals surface area contributed by atoms with Crippen molar-refractivity contribution >= 4 is 15.9 Å². The third-order valence-corrected chi connectivity index (χ3v) is 4.69. The Kier molecular flexibility index (Phi) is 5.71. The first-order valence-electron chi connectivity index (χ1n) is 7.33. The Hall–Kier alpha value is -0.540. The van der Waals surface area contributed by atoms with Crippen molar-refractivity contribution in [1.82, 2.24) is 5.32 Å². The van der Waals surface area contributed by atoms with Crippen molar-refractivity contribution in [3.8, 4) is 5.75 Å². The Morgan fingerprint density at radius 1 is 1.37 bits per heavy atom. The molecule has 1 saturated heterocycles. The lowest BCUT2D eigenvalue weighted by Gasteiger charge is -2.23. The van der Waals surface area contributed by atoms with E-state index in [1.54, 1.807) is 0 Å². The highest BCUT2D eigenvalue weighted by atomic mass is 79.9. The molecular formula is C16H24BrNO. The zero-order valence-corrected chi connectivity index (χ0v) is 13.5. The molecule has 0 bridgehead atoms. The van der Waals surface area contributed by atoms with E-state index < -0.39 is 0 Å². The van der Waals surface area contributed by atoms with Crippen LogP contribution in [0.15, 0.2) is 22.7 Å². The van der Waals surface area contributed by atoms with Crippen LogP contribution in [-0.4, -0.2) is 19.7 Å². The number of hydrogen-bond donors (Lipinski definition) is 1. The molecule has 2 nitrogen and oxygen atoms in total. The topological polar surface area (TPSA) is 21.3 Å². The largest absolute Gasteiger partial charge is 0.492 e. The second kappa shape index (κ2) is 7.30. The van der Waals surface area contributed by atoms with Crippen LogP contribution in [0.2, 0.25) is 0 Å². The molecule has 19 heavy (non-hydrogen) atoms. The van der Waals surface area contributed by atoms with Gasteiger partial charge in [-0.05, 0) is 77.8 Å². The van der Waals surface area contributed by atoms with E-state index in [0.29, 0.717) is 11.8 Å². The summed E-state index contributed by atoms with van der Waals surface area (Å²) in [4.78, 5) is 0. The highest BCUT2D eigenvalue weighted by molar-refractivity contribution is 9.10. The van der Waals surface area contributed by atoms with Crippen molar-refractivity contribution < 1.29 is 4.74 Å². The van der Waals surface area contributed by atoms with Gasteiger partial charge in [0.05, 0.1) is 11.1 Å². The SMILES string of the molecule is CC[C@@H](C)c1ccc(OCC2CCNCC2)c(Br)c1. The molecule has 0 unspecified atom stereocenters. The molecule has 1 fully saturated rings. The molecule has 0 radical (unpaired) electrons. The summed E-state index contributed by atoms with van der Waals surface area (Å²) in [7, 11) is 0. The lowest BCUT2D eigenvalue weighted by Crippen LogP contribution is -2.30. The number of halogens is 1. The molecule has 1 aromatic rings. The van der Waals surface area contributed by atoms with Crippen LogP contribution in [-0.2, 0) is 0 Å². The zero-order valence-electron chi connectivity index (χ0n) is 11.9. The first kappa shape index (κ1) is 14.9. The Labute approximate surface area is 125 Å². The monoisotopic (exact) mass is 325 g/mol. The van der Waals surface area contributed by atoms with Crippen molar-refractivity contribution in [2.75, 3.05) is 19.7 Å². The second-order valence-electron chi connectivity index (χ2n) is 5.50. The van der Waals surface area contributed by atoms with Crippen LogP contribution in [0.25, 0.3) is 0 Å². The van der Waals surface area contributed by atoms with Crippen molar-refractivity contribution in [3.05, 3.63) is 28.2 Å². The van der Waals surface area contributed by atoms with Gasteiger partial charge in [-0.15, -0.1) is 0 Å². The first-order chi connectivity index (χ1) is 9.20. The summed E-state index contributed by atoms with van der Waals surface area (Å²) in [5.41, 5.74) is 1.38. The van der Waals surface area contributed by atoms with Gasteiger partial charge in [0.2, 0.25) is 0 Å². The molecule has 1 aromatic carbocycles. The number of benzene rings is 1. The Balaban J connectivity index is 1.93. The third-order valence-electron chi connectivity index (χ3n) is 4.07. The smallest absolute Gasteiger partial charge is 0.133 e. The molecule has 0 amide bonds. The van der Waals surface area contributed by atoms with Crippen LogP contribution >= 0.6 is 15.9 Å². The molecule has 1 aliphatic heterocycles. The summed E-state index contributed by atoms with van der Waals surface area (Å²) in [6, 6.07) is 6.50. The van der Waals surface area contributed by atoms with E-state index in [1.165, 1.54) is 24.8 Å². The van der Waals surface area contributed by atoms with Crippen molar-refractivity contribution in [3.63, 3.8) is 0 Å². The van der Waals surface area contributed by atoms with Gasteiger partial charge in [0.25, 0.3) is 0 Å². The van der Waals surface area contributed by atoms with Crippen LogP contribution in [0.3, 0.4) is 0 Å². The maximum atomic E-state index is 5.97. The van der Waals surface area contributed by atoms with Crippen LogP contribution in [0.4, 0.5) is 0 Å². The van der Waals surface area contributed by atoms with E-state index in [2.05, 4.69) is 53.3 Å². The van der Waals surface area contributed by atoms with Crippen LogP contribution in [0.1, 0.15) is 44.6 Å². The molecule has 0 aliphatic carbocycles. The summed E-state index contributed by atoms with van der Waals surface area (Å²) in [5, 5.41) is 3.39. The fourth-order valence-corrected chi connectivity index (χ4v) is 2.94. The average Bonchev–Trinajstić information content (AvgIpc) is 2.46. The van der Waals surface area contributed by atoms with Gasteiger partial charge in [0.1, 0.15) is 5.75 Å². The molecule has 1 aliphatic rings. The van der Waals surface area contributed by atoms with E-state index in [0.717, 1.165) is 29.9 Å². The molecule has 1 N–H and O–H groups in total. The van der Waals surface area contributed by atoms with Gasteiger partial charge >= 0.3 is 0 Å². The number of nitrogens with one attached hydrogen (secondary N) is 1. The first-order valence-corrected chi connectivity index (χ1v) is 8.13. The number of rotatable bonds is 5. The molecule has 0 saturated carbocycles. The third kappa shape index (κ3) is 4.22. The maximum Gasteiger partial charge on any atom is 0.133 e. The lowest BCUT2D eigenvalue weighted by molar-refractivity contribution is 0.214. The fraction of sp³-hybridized carbons (Fsp3) is 0.625. The fourth-order valence-electron chi connectivity index (χ4n) is 2.43. The second-order valence-corrected chi connectivity index (χ2v) is 6.36. The van der Waals surface area contributed by atoms with E-state index >= 15 is 0 Å². The summed E-state index contributed by atoms with van der Waals surface area (Å²) < 4.78 is 7.05. The number of ether oxygens (including phenoxy) is 1. The van der Waals surface area contributed by atoms with Gasteiger partial charge in [-0.25, -0.2) is 0 Å². The molecule has 106 valence electrons. The Morgan fingerprint density at radius 3 is 2.74 bits per heavy atom. The molecule has 2 rings (SSSR count). The number of hydrogen-bond acceptors (Lipinski definition) is 2. The summed E-state index contributed by atoms with van der Waals surface area (Å²) in [6.45, 7) is 7.57. The maximum absolute atomic E-state index is 5.97. The molecule has 1 atom stereocenters. The van der Waals surface area contributed by atoms with E-state index in [-0.39, 0.29) is 0 Å². The quantitative estimate of drug-likeness (QED) is 0.869. The molecule has 1 heterocycles. The normalized spacial score (nSPS) is 18.3. The lowest BCUT2D eigenvalue weighted by atomic mass is 9.98. The van der Waals surface area contributed by atoms with Crippen molar-refractivity contribution in [1.29, 1.82) is 0 Å². The Morgan fingerprint density at radius 2 is 2.11 bits per heavy atom. The highest BCUT2D eigenvalue weighted by Crippen LogP contribution is 2.30. The van der Waals surface area contributed by atoms with Gasteiger partial charge in [-0.2, -0.15) is 0 Å². The molecular weight excluding hydrogens is 302 g/mol.